The molecular weight excluding hydrogens is 254 g/mol. The lowest BCUT2D eigenvalue weighted by atomic mass is 9.71. The van der Waals surface area contributed by atoms with Gasteiger partial charge in [-0.2, -0.15) is 0 Å². The first kappa shape index (κ1) is 17.8. The van der Waals surface area contributed by atoms with Crippen LogP contribution in [-0.2, 0) is 6.42 Å². The SMILES string of the molecule is CCC(C)C(CCC#[N+]C)[C](Cc1ccccc1)C(C)C. The van der Waals surface area contributed by atoms with Crippen LogP contribution in [0.1, 0.15) is 52.5 Å². The van der Waals surface area contributed by atoms with Crippen LogP contribution in [0.2, 0.25) is 0 Å². The minimum absolute atomic E-state index is 0.628. The summed E-state index contributed by atoms with van der Waals surface area (Å²) in [5, 5.41) is 0. The molecule has 0 aromatic heterocycles. The van der Waals surface area contributed by atoms with Crippen LogP contribution in [0.15, 0.2) is 30.3 Å². The van der Waals surface area contributed by atoms with Crippen molar-refractivity contribution in [3.8, 4) is 6.07 Å². The maximum atomic E-state index is 4.02. The van der Waals surface area contributed by atoms with E-state index >= 15 is 0 Å². The number of benzene rings is 1. The van der Waals surface area contributed by atoms with E-state index in [1.54, 1.807) is 5.92 Å². The normalized spacial score (nSPS) is 13.9. The number of nitrogens with zero attached hydrogens (tertiary/aromatic N) is 1. The van der Waals surface area contributed by atoms with Gasteiger partial charge in [0.1, 0.15) is 0 Å². The van der Waals surface area contributed by atoms with Gasteiger partial charge in [-0.3, -0.25) is 0 Å². The molecule has 21 heavy (non-hydrogen) atoms. The molecule has 0 fully saturated rings. The molecule has 1 rings (SSSR count). The second kappa shape index (κ2) is 9.61. The second-order valence-electron chi connectivity index (χ2n) is 6.30. The summed E-state index contributed by atoms with van der Waals surface area (Å²) in [6, 6.07) is 14.0. The lowest BCUT2D eigenvalue weighted by Gasteiger charge is -2.33. The van der Waals surface area contributed by atoms with Crippen LogP contribution in [0.25, 0.3) is 4.85 Å². The van der Waals surface area contributed by atoms with E-state index in [1.807, 2.05) is 7.05 Å². The topological polar surface area (TPSA) is 4.36 Å². The van der Waals surface area contributed by atoms with Crippen LogP contribution in [0.3, 0.4) is 0 Å². The van der Waals surface area contributed by atoms with Gasteiger partial charge in [0.05, 0.1) is 6.42 Å². The van der Waals surface area contributed by atoms with Gasteiger partial charge in [-0.1, -0.05) is 69.3 Å². The Kier molecular flexibility index (Phi) is 8.13. The largest absolute Gasteiger partial charge is 0.272 e. The van der Waals surface area contributed by atoms with E-state index in [0.717, 1.165) is 18.8 Å². The maximum absolute atomic E-state index is 4.02. The Morgan fingerprint density at radius 3 is 2.33 bits per heavy atom. The van der Waals surface area contributed by atoms with Gasteiger partial charge in [-0.15, -0.1) is 0 Å². The van der Waals surface area contributed by atoms with Crippen LogP contribution in [0, 0.1) is 29.7 Å². The van der Waals surface area contributed by atoms with E-state index in [0.29, 0.717) is 11.8 Å². The molecule has 2 unspecified atom stereocenters. The molecule has 0 bridgehead atoms. The molecule has 0 saturated carbocycles. The first-order chi connectivity index (χ1) is 10.1. The van der Waals surface area contributed by atoms with Crippen molar-refractivity contribution >= 4 is 0 Å². The highest BCUT2D eigenvalue weighted by molar-refractivity contribution is 5.21. The third-order valence-corrected chi connectivity index (χ3v) is 4.53. The third-order valence-electron chi connectivity index (χ3n) is 4.53. The smallest absolute Gasteiger partial charge is 0.0870 e. The summed E-state index contributed by atoms with van der Waals surface area (Å²) in [7, 11) is 1.81. The summed E-state index contributed by atoms with van der Waals surface area (Å²) in [6.07, 6.45) is 4.49. The molecule has 0 aliphatic heterocycles. The van der Waals surface area contributed by atoms with Gasteiger partial charge in [0, 0.05) is 0 Å². The van der Waals surface area contributed by atoms with Crippen LogP contribution in [-0.4, -0.2) is 7.05 Å². The standard InChI is InChI=1S/C20H31N/c1-6-17(4)19(13-10-14-21-5)20(16(2)3)15-18-11-8-7-9-12-18/h7-9,11-12,16-17,19H,6,10,13,15H2,1-5H3/q+1. The van der Waals surface area contributed by atoms with E-state index in [2.05, 4.69) is 68.9 Å². The molecule has 1 nitrogen and oxygen atoms in total. The lowest BCUT2D eigenvalue weighted by Crippen LogP contribution is -2.26. The molecule has 0 aliphatic rings. The van der Waals surface area contributed by atoms with Crippen molar-refractivity contribution in [1.29, 1.82) is 0 Å². The fraction of sp³-hybridized carbons (Fsp3) is 0.600. The van der Waals surface area contributed by atoms with E-state index in [1.165, 1.54) is 18.4 Å². The van der Waals surface area contributed by atoms with Gasteiger partial charge < -0.3 is 0 Å². The Bertz CT molecular complexity index is 438. The molecule has 0 spiro atoms. The monoisotopic (exact) mass is 285 g/mol. The highest BCUT2D eigenvalue weighted by atomic mass is 14.6. The average Bonchev–Trinajstić information content (AvgIpc) is 2.50. The van der Waals surface area contributed by atoms with Gasteiger partial charge in [-0.25, -0.2) is 0 Å². The van der Waals surface area contributed by atoms with Crippen molar-refractivity contribution in [3.05, 3.63) is 46.7 Å². The Hall–Kier alpha value is -1.29. The molecule has 1 aromatic rings. The number of hydrogen-bond donors (Lipinski definition) is 0. The van der Waals surface area contributed by atoms with Crippen molar-refractivity contribution in [1.82, 2.24) is 0 Å². The van der Waals surface area contributed by atoms with E-state index < -0.39 is 0 Å². The fourth-order valence-electron chi connectivity index (χ4n) is 3.05. The van der Waals surface area contributed by atoms with Crippen LogP contribution < -0.4 is 0 Å². The molecule has 0 N–H and O–H groups in total. The predicted octanol–water partition coefficient (Wildman–Crippen LogP) is 5.86. The highest BCUT2D eigenvalue weighted by Gasteiger charge is 2.29. The third kappa shape index (κ3) is 5.92. The quantitative estimate of drug-likeness (QED) is 0.563. The molecule has 115 valence electrons. The zero-order valence-corrected chi connectivity index (χ0v) is 14.4. The van der Waals surface area contributed by atoms with Crippen molar-refractivity contribution in [3.63, 3.8) is 0 Å². The zero-order valence-electron chi connectivity index (χ0n) is 14.4. The van der Waals surface area contributed by atoms with Gasteiger partial charge in [0.15, 0.2) is 0 Å². The summed E-state index contributed by atoms with van der Waals surface area (Å²) < 4.78 is 0. The molecule has 2 atom stereocenters. The van der Waals surface area contributed by atoms with Crippen molar-refractivity contribution < 1.29 is 0 Å². The van der Waals surface area contributed by atoms with Crippen LogP contribution >= 0.6 is 0 Å². The number of hydrogen-bond acceptors (Lipinski definition) is 0. The predicted molar refractivity (Wildman–Crippen MR) is 93.6 cm³/mol. The van der Waals surface area contributed by atoms with Gasteiger partial charge in [0.25, 0.3) is 13.1 Å². The molecule has 0 heterocycles. The summed E-state index contributed by atoms with van der Waals surface area (Å²) in [4.78, 5) is 4.02. The Balaban J connectivity index is 2.87. The molecule has 0 amide bonds. The summed E-state index contributed by atoms with van der Waals surface area (Å²) in [6.45, 7) is 9.37. The second-order valence-corrected chi connectivity index (χ2v) is 6.30. The Morgan fingerprint density at radius 2 is 1.81 bits per heavy atom. The zero-order chi connectivity index (χ0) is 15.7. The van der Waals surface area contributed by atoms with E-state index in [-0.39, 0.29) is 0 Å². The maximum Gasteiger partial charge on any atom is 0.272 e. The van der Waals surface area contributed by atoms with Gasteiger partial charge in [0.2, 0.25) is 0 Å². The lowest BCUT2D eigenvalue weighted by molar-refractivity contribution is 0.302. The van der Waals surface area contributed by atoms with Crippen LogP contribution in [0.5, 0.6) is 0 Å². The first-order valence-electron chi connectivity index (χ1n) is 8.31. The number of rotatable bonds is 8. The van der Waals surface area contributed by atoms with Crippen molar-refractivity contribution in [2.45, 2.75) is 53.4 Å². The van der Waals surface area contributed by atoms with E-state index in [4.69, 9.17) is 0 Å². The van der Waals surface area contributed by atoms with Crippen LogP contribution in [0.4, 0.5) is 0 Å². The molecule has 1 radical (unpaired) electrons. The van der Waals surface area contributed by atoms with Gasteiger partial charge >= 0.3 is 0 Å². The molecule has 1 aromatic carbocycles. The Labute approximate surface area is 131 Å². The molecule has 0 aliphatic carbocycles. The summed E-state index contributed by atoms with van der Waals surface area (Å²) in [5.74, 6) is 3.71. The summed E-state index contributed by atoms with van der Waals surface area (Å²) >= 11 is 0. The van der Waals surface area contributed by atoms with Crippen molar-refractivity contribution in [2.75, 3.05) is 7.05 Å². The minimum Gasteiger partial charge on any atom is -0.0870 e. The Morgan fingerprint density at radius 1 is 1.14 bits per heavy atom. The molecule has 1 heteroatoms. The summed E-state index contributed by atoms with van der Waals surface area (Å²) in [5.41, 5.74) is 1.43. The molecular formula is C20H31N+. The fourth-order valence-corrected chi connectivity index (χ4v) is 3.05. The average molecular weight is 285 g/mol. The highest BCUT2D eigenvalue weighted by Crippen LogP contribution is 2.36. The van der Waals surface area contributed by atoms with E-state index in [9.17, 15) is 0 Å². The van der Waals surface area contributed by atoms with Crippen molar-refractivity contribution in [2.24, 2.45) is 17.8 Å². The first-order valence-corrected chi connectivity index (χ1v) is 8.31. The minimum atomic E-state index is 0.628. The molecule has 0 saturated heterocycles. The van der Waals surface area contributed by atoms with Gasteiger partial charge in [-0.05, 0) is 42.1 Å².